The summed E-state index contributed by atoms with van der Waals surface area (Å²) in [5.41, 5.74) is 4.51. The van der Waals surface area contributed by atoms with Crippen LogP contribution in [0.4, 0.5) is 5.69 Å². The second kappa shape index (κ2) is 4.86. The van der Waals surface area contributed by atoms with E-state index in [2.05, 4.69) is 53.2 Å². The minimum absolute atomic E-state index is 0.318. The molecule has 0 aliphatic carbocycles. The van der Waals surface area contributed by atoms with Gasteiger partial charge >= 0.3 is 0 Å². The largest absolute Gasteiger partial charge is 0.384 e. The molecule has 2 atom stereocenters. The van der Waals surface area contributed by atoms with Crippen molar-refractivity contribution >= 4 is 5.69 Å². The Kier molecular flexibility index (Phi) is 2.98. The molecule has 0 saturated carbocycles. The van der Waals surface area contributed by atoms with Crippen LogP contribution in [0.5, 0.6) is 0 Å². The van der Waals surface area contributed by atoms with Gasteiger partial charge in [0.1, 0.15) is 6.10 Å². The number of para-hydroxylation sites is 1. The van der Waals surface area contributed by atoms with Crippen molar-refractivity contribution in [1.29, 1.82) is 0 Å². The molecule has 0 spiro atoms. The fourth-order valence-electron chi connectivity index (χ4n) is 3.69. The molecule has 1 saturated heterocycles. The molecule has 2 aromatic rings. The molecule has 1 N–H and O–H groups in total. The maximum Gasteiger partial charge on any atom is 0.106 e. The van der Waals surface area contributed by atoms with Gasteiger partial charge in [-0.1, -0.05) is 42.5 Å². The topological polar surface area (TPSA) is 26.7 Å². The molecule has 2 aliphatic rings. The second-order valence-corrected chi connectivity index (χ2v) is 6.06. The summed E-state index contributed by atoms with van der Waals surface area (Å²) in [5.74, 6) is 0. The Labute approximate surface area is 125 Å². The smallest absolute Gasteiger partial charge is 0.106 e. The van der Waals surface area contributed by atoms with Crippen molar-refractivity contribution in [3.05, 3.63) is 65.2 Å². The fraction of sp³-hybridized carbons (Fsp3) is 0.333. The quantitative estimate of drug-likeness (QED) is 0.803. The molecule has 2 heterocycles. The number of aliphatic hydroxyl groups is 1. The molecule has 1 fully saturated rings. The van der Waals surface area contributed by atoms with Gasteiger partial charge in [-0.25, -0.2) is 0 Å². The van der Waals surface area contributed by atoms with Crippen molar-refractivity contribution < 1.29 is 5.11 Å². The van der Waals surface area contributed by atoms with Gasteiger partial charge in [-0.05, 0) is 24.2 Å². The predicted molar refractivity (Wildman–Crippen MR) is 84.5 cm³/mol. The van der Waals surface area contributed by atoms with Gasteiger partial charge in [0.2, 0.25) is 0 Å². The van der Waals surface area contributed by atoms with Gasteiger partial charge in [-0.2, -0.15) is 0 Å². The van der Waals surface area contributed by atoms with Crippen LogP contribution in [0, 0.1) is 0 Å². The lowest BCUT2D eigenvalue weighted by molar-refractivity contribution is 0.220. The molecule has 21 heavy (non-hydrogen) atoms. The van der Waals surface area contributed by atoms with E-state index in [9.17, 15) is 5.11 Å². The van der Waals surface area contributed by atoms with Crippen molar-refractivity contribution in [3.63, 3.8) is 0 Å². The number of fused-ring (bicyclic) bond motifs is 5. The van der Waals surface area contributed by atoms with Crippen LogP contribution < -0.4 is 4.90 Å². The standard InChI is InChI=1S/C18H20N2O/c1-19-10-11-20-16-9-5-4-8-15(16)18(21)14-7-3-2-6-13(14)17(20)12-19/h2-9,17-18,21H,10-12H2,1H3/t17-,18-/m0/s1. The SMILES string of the molecule is CN1CCN2c3ccccc3[C@@H](O)c3ccccc3[C@@H]2C1. The Balaban J connectivity index is 1.95. The van der Waals surface area contributed by atoms with E-state index in [0.717, 1.165) is 30.8 Å². The minimum Gasteiger partial charge on any atom is -0.384 e. The van der Waals surface area contributed by atoms with Crippen LogP contribution in [0.1, 0.15) is 28.8 Å². The van der Waals surface area contributed by atoms with Crippen LogP contribution in [-0.4, -0.2) is 36.7 Å². The molecule has 0 unspecified atom stereocenters. The first kappa shape index (κ1) is 12.9. The number of nitrogens with zero attached hydrogens (tertiary/aromatic N) is 2. The third-order valence-corrected chi connectivity index (χ3v) is 4.77. The molecule has 0 aromatic heterocycles. The molecule has 3 heteroatoms. The number of benzene rings is 2. The summed E-state index contributed by atoms with van der Waals surface area (Å²) in [5, 5.41) is 10.9. The third-order valence-electron chi connectivity index (χ3n) is 4.77. The Morgan fingerprint density at radius 1 is 0.905 bits per heavy atom. The lowest BCUT2D eigenvalue weighted by atomic mass is 9.94. The van der Waals surface area contributed by atoms with Crippen LogP contribution in [-0.2, 0) is 0 Å². The maximum atomic E-state index is 10.9. The fourth-order valence-corrected chi connectivity index (χ4v) is 3.69. The summed E-state index contributed by atoms with van der Waals surface area (Å²) in [6, 6.07) is 16.9. The molecule has 0 radical (unpaired) electrons. The Morgan fingerprint density at radius 2 is 1.57 bits per heavy atom. The summed E-state index contributed by atoms with van der Waals surface area (Å²) >= 11 is 0. The average Bonchev–Trinajstić information content (AvgIpc) is 2.63. The number of aliphatic hydroxyl groups excluding tert-OH is 1. The van der Waals surface area contributed by atoms with Crippen molar-refractivity contribution in [3.8, 4) is 0 Å². The van der Waals surface area contributed by atoms with E-state index in [1.165, 1.54) is 11.3 Å². The van der Waals surface area contributed by atoms with Crippen LogP contribution >= 0.6 is 0 Å². The van der Waals surface area contributed by atoms with E-state index in [-0.39, 0.29) is 0 Å². The van der Waals surface area contributed by atoms with Gasteiger partial charge < -0.3 is 14.9 Å². The first-order chi connectivity index (χ1) is 10.3. The third kappa shape index (κ3) is 1.96. The molecule has 2 aromatic carbocycles. The van der Waals surface area contributed by atoms with Gasteiger partial charge in [0, 0.05) is 30.9 Å². The summed E-state index contributed by atoms with van der Waals surface area (Å²) in [4.78, 5) is 4.84. The zero-order valence-corrected chi connectivity index (χ0v) is 12.2. The van der Waals surface area contributed by atoms with E-state index in [4.69, 9.17) is 0 Å². The van der Waals surface area contributed by atoms with Crippen LogP contribution in [0.15, 0.2) is 48.5 Å². The van der Waals surface area contributed by atoms with E-state index in [0.29, 0.717) is 6.04 Å². The number of piperazine rings is 1. The Hall–Kier alpha value is -1.84. The number of rotatable bonds is 0. The lowest BCUT2D eigenvalue weighted by Crippen LogP contribution is -2.46. The number of anilines is 1. The zero-order valence-electron chi connectivity index (χ0n) is 12.2. The van der Waals surface area contributed by atoms with Gasteiger partial charge in [0.15, 0.2) is 0 Å². The second-order valence-electron chi connectivity index (χ2n) is 6.06. The number of hydrogen-bond acceptors (Lipinski definition) is 3. The van der Waals surface area contributed by atoms with Crippen molar-refractivity contribution in [2.24, 2.45) is 0 Å². The summed E-state index contributed by atoms with van der Waals surface area (Å²) < 4.78 is 0. The summed E-state index contributed by atoms with van der Waals surface area (Å²) in [6.07, 6.45) is -0.534. The molecule has 2 aliphatic heterocycles. The van der Waals surface area contributed by atoms with E-state index >= 15 is 0 Å². The molecule has 108 valence electrons. The summed E-state index contributed by atoms with van der Waals surface area (Å²) in [6.45, 7) is 3.06. The molecule has 3 nitrogen and oxygen atoms in total. The van der Waals surface area contributed by atoms with Crippen LogP contribution in [0.2, 0.25) is 0 Å². The first-order valence-corrected chi connectivity index (χ1v) is 7.56. The highest BCUT2D eigenvalue weighted by Gasteiger charge is 2.34. The van der Waals surface area contributed by atoms with E-state index < -0.39 is 6.10 Å². The molecule has 4 rings (SSSR count). The Morgan fingerprint density at radius 3 is 2.38 bits per heavy atom. The highest BCUT2D eigenvalue weighted by atomic mass is 16.3. The van der Waals surface area contributed by atoms with Crippen molar-refractivity contribution in [2.75, 3.05) is 31.6 Å². The normalized spacial score (nSPS) is 24.8. The van der Waals surface area contributed by atoms with Gasteiger partial charge in [-0.15, -0.1) is 0 Å². The van der Waals surface area contributed by atoms with E-state index in [1.807, 2.05) is 12.1 Å². The molecule has 0 amide bonds. The van der Waals surface area contributed by atoms with Gasteiger partial charge in [-0.3, -0.25) is 0 Å². The van der Waals surface area contributed by atoms with Crippen LogP contribution in [0.25, 0.3) is 0 Å². The number of hydrogen-bond donors (Lipinski definition) is 1. The molecule has 0 bridgehead atoms. The Bertz CT molecular complexity index is 670. The van der Waals surface area contributed by atoms with Gasteiger partial charge in [0.25, 0.3) is 0 Å². The lowest BCUT2D eigenvalue weighted by Gasteiger charge is -2.41. The minimum atomic E-state index is -0.534. The van der Waals surface area contributed by atoms with Crippen molar-refractivity contribution in [1.82, 2.24) is 4.90 Å². The van der Waals surface area contributed by atoms with E-state index in [1.54, 1.807) is 0 Å². The zero-order chi connectivity index (χ0) is 14.4. The van der Waals surface area contributed by atoms with Gasteiger partial charge in [0.05, 0.1) is 6.04 Å². The molecular formula is C18H20N2O. The number of likely N-dealkylation sites (N-methyl/N-ethyl adjacent to an activating group) is 1. The molecular weight excluding hydrogens is 260 g/mol. The monoisotopic (exact) mass is 280 g/mol. The first-order valence-electron chi connectivity index (χ1n) is 7.56. The summed E-state index contributed by atoms with van der Waals surface area (Å²) in [7, 11) is 2.17. The predicted octanol–water partition coefficient (Wildman–Crippen LogP) is 2.57. The van der Waals surface area contributed by atoms with Crippen LogP contribution in [0.3, 0.4) is 0 Å². The highest BCUT2D eigenvalue weighted by Crippen LogP contribution is 2.43. The maximum absolute atomic E-state index is 10.9. The van der Waals surface area contributed by atoms with Crippen molar-refractivity contribution in [2.45, 2.75) is 12.1 Å². The average molecular weight is 280 g/mol. The highest BCUT2D eigenvalue weighted by molar-refractivity contribution is 5.62.